The molecule has 1 aromatic rings. The molecule has 0 atom stereocenters. The van der Waals surface area contributed by atoms with Gasteiger partial charge in [-0.25, -0.2) is 0 Å². The first-order chi connectivity index (χ1) is 5.69. The quantitative estimate of drug-likeness (QED) is 0.738. The fourth-order valence-corrected chi connectivity index (χ4v) is 1.09. The minimum Gasteiger partial charge on any atom is -0.506 e. The molecule has 0 fully saturated rings. The van der Waals surface area contributed by atoms with Gasteiger partial charge in [-0.2, -0.15) is 0 Å². The van der Waals surface area contributed by atoms with E-state index in [4.69, 9.17) is 22.1 Å². The standard InChI is InChI=1S/C8H10ClNO2/c1-12-7-3-5(4-10)2-6(11)8(7)9/h2-3,11H,4,10H2,1H3. The van der Waals surface area contributed by atoms with E-state index in [1.54, 1.807) is 6.07 Å². The van der Waals surface area contributed by atoms with Gasteiger partial charge in [0.2, 0.25) is 0 Å². The molecule has 1 rings (SSSR count). The van der Waals surface area contributed by atoms with E-state index in [2.05, 4.69) is 0 Å². The lowest BCUT2D eigenvalue weighted by molar-refractivity contribution is 0.407. The van der Waals surface area contributed by atoms with Crippen molar-refractivity contribution in [2.24, 2.45) is 5.73 Å². The molecule has 0 aromatic heterocycles. The van der Waals surface area contributed by atoms with Crippen molar-refractivity contribution in [3.8, 4) is 11.5 Å². The maximum atomic E-state index is 9.28. The van der Waals surface area contributed by atoms with Crippen LogP contribution in [0.1, 0.15) is 5.56 Å². The minimum absolute atomic E-state index is 0.00327. The van der Waals surface area contributed by atoms with E-state index in [-0.39, 0.29) is 10.8 Å². The van der Waals surface area contributed by atoms with Crippen LogP contribution in [0.2, 0.25) is 5.02 Å². The minimum atomic E-state index is -0.00327. The molecule has 66 valence electrons. The van der Waals surface area contributed by atoms with Crippen LogP contribution in [0.15, 0.2) is 12.1 Å². The number of phenols is 1. The average molecular weight is 188 g/mol. The summed E-state index contributed by atoms with van der Waals surface area (Å²) < 4.78 is 4.92. The summed E-state index contributed by atoms with van der Waals surface area (Å²) in [6.07, 6.45) is 0. The SMILES string of the molecule is COc1cc(CN)cc(O)c1Cl. The first kappa shape index (κ1) is 9.16. The van der Waals surface area contributed by atoms with Crippen LogP contribution in [0, 0.1) is 0 Å². The predicted octanol–water partition coefficient (Wildman–Crippen LogP) is 1.51. The molecule has 3 N–H and O–H groups in total. The summed E-state index contributed by atoms with van der Waals surface area (Å²) in [6, 6.07) is 3.22. The maximum absolute atomic E-state index is 9.28. The number of hydrogen-bond donors (Lipinski definition) is 2. The first-order valence-electron chi connectivity index (χ1n) is 3.44. The van der Waals surface area contributed by atoms with Gasteiger partial charge < -0.3 is 15.6 Å². The lowest BCUT2D eigenvalue weighted by atomic mass is 10.2. The van der Waals surface area contributed by atoms with Gasteiger partial charge in [0.05, 0.1) is 7.11 Å². The van der Waals surface area contributed by atoms with Crippen molar-refractivity contribution in [2.75, 3.05) is 7.11 Å². The van der Waals surface area contributed by atoms with Gasteiger partial charge in [-0.15, -0.1) is 0 Å². The van der Waals surface area contributed by atoms with E-state index in [1.807, 2.05) is 0 Å². The monoisotopic (exact) mass is 187 g/mol. The molecule has 0 spiro atoms. The van der Waals surface area contributed by atoms with Crippen molar-refractivity contribution in [3.63, 3.8) is 0 Å². The number of phenolic OH excluding ortho intramolecular Hbond substituents is 1. The number of nitrogens with two attached hydrogens (primary N) is 1. The summed E-state index contributed by atoms with van der Waals surface area (Å²) in [7, 11) is 1.49. The third-order valence-electron chi connectivity index (χ3n) is 1.54. The molecular formula is C8H10ClNO2. The fourth-order valence-electron chi connectivity index (χ4n) is 0.905. The lowest BCUT2D eigenvalue weighted by Crippen LogP contribution is -1.97. The first-order valence-corrected chi connectivity index (χ1v) is 3.82. The van der Waals surface area contributed by atoms with Gasteiger partial charge in [-0.3, -0.25) is 0 Å². The highest BCUT2D eigenvalue weighted by Gasteiger charge is 2.07. The van der Waals surface area contributed by atoms with Crippen LogP contribution in [0.4, 0.5) is 0 Å². The summed E-state index contributed by atoms with van der Waals surface area (Å²) in [5.41, 5.74) is 6.17. The molecule has 0 unspecified atom stereocenters. The molecule has 0 heterocycles. The molecule has 0 amide bonds. The highest BCUT2D eigenvalue weighted by Crippen LogP contribution is 2.34. The van der Waals surface area contributed by atoms with Crippen molar-refractivity contribution in [1.82, 2.24) is 0 Å². The Hall–Kier alpha value is -0.930. The highest BCUT2D eigenvalue weighted by molar-refractivity contribution is 6.33. The molecule has 0 saturated heterocycles. The van der Waals surface area contributed by atoms with Crippen LogP contribution in [0.5, 0.6) is 11.5 Å². The summed E-state index contributed by atoms with van der Waals surface area (Å²) >= 11 is 5.71. The van der Waals surface area contributed by atoms with Crippen LogP contribution < -0.4 is 10.5 Å². The molecule has 0 radical (unpaired) electrons. The lowest BCUT2D eigenvalue weighted by Gasteiger charge is -2.06. The predicted molar refractivity (Wildman–Crippen MR) is 47.6 cm³/mol. The largest absolute Gasteiger partial charge is 0.506 e. The molecule has 4 heteroatoms. The van der Waals surface area contributed by atoms with Crippen LogP contribution in [0.25, 0.3) is 0 Å². The molecule has 0 aliphatic heterocycles. The Morgan fingerprint density at radius 2 is 2.25 bits per heavy atom. The van der Waals surface area contributed by atoms with E-state index in [0.29, 0.717) is 12.3 Å². The zero-order valence-electron chi connectivity index (χ0n) is 6.67. The van der Waals surface area contributed by atoms with Gasteiger partial charge in [-0.1, -0.05) is 11.6 Å². The van der Waals surface area contributed by atoms with Gasteiger partial charge in [0.1, 0.15) is 16.5 Å². The Labute approximate surface area is 75.7 Å². The summed E-state index contributed by atoms with van der Waals surface area (Å²) in [6.45, 7) is 0.348. The highest BCUT2D eigenvalue weighted by atomic mass is 35.5. The van der Waals surface area contributed by atoms with Crippen LogP contribution in [-0.4, -0.2) is 12.2 Å². The number of halogens is 1. The number of benzene rings is 1. The molecule has 0 aliphatic carbocycles. The molecule has 3 nitrogen and oxygen atoms in total. The van der Waals surface area contributed by atoms with Crippen molar-refractivity contribution in [1.29, 1.82) is 0 Å². The van der Waals surface area contributed by atoms with Gasteiger partial charge in [0, 0.05) is 6.54 Å². The van der Waals surface area contributed by atoms with Gasteiger partial charge in [0.25, 0.3) is 0 Å². The Morgan fingerprint density at radius 3 is 2.75 bits per heavy atom. The summed E-state index contributed by atoms with van der Waals surface area (Å²) in [4.78, 5) is 0. The topological polar surface area (TPSA) is 55.5 Å². The molecule has 12 heavy (non-hydrogen) atoms. The van der Waals surface area contributed by atoms with Crippen molar-refractivity contribution in [2.45, 2.75) is 6.54 Å². The van der Waals surface area contributed by atoms with E-state index < -0.39 is 0 Å². The molecule has 0 saturated carbocycles. The zero-order chi connectivity index (χ0) is 9.14. The van der Waals surface area contributed by atoms with Gasteiger partial charge in [0.15, 0.2) is 0 Å². The Morgan fingerprint density at radius 1 is 1.58 bits per heavy atom. The third-order valence-corrected chi connectivity index (χ3v) is 1.92. The smallest absolute Gasteiger partial charge is 0.141 e. The number of hydrogen-bond acceptors (Lipinski definition) is 3. The van der Waals surface area contributed by atoms with E-state index in [9.17, 15) is 5.11 Å². The van der Waals surface area contributed by atoms with Crippen molar-refractivity contribution < 1.29 is 9.84 Å². The van der Waals surface area contributed by atoms with E-state index >= 15 is 0 Å². The summed E-state index contributed by atoms with van der Waals surface area (Å²) in [5, 5.41) is 9.49. The third kappa shape index (κ3) is 1.62. The number of aromatic hydroxyl groups is 1. The molecule has 1 aromatic carbocycles. The van der Waals surface area contributed by atoms with Gasteiger partial charge >= 0.3 is 0 Å². The Balaban J connectivity index is 3.19. The van der Waals surface area contributed by atoms with Crippen molar-refractivity contribution >= 4 is 11.6 Å². The normalized spacial score (nSPS) is 9.92. The van der Waals surface area contributed by atoms with Crippen molar-refractivity contribution in [3.05, 3.63) is 22.7 Å². The Kier molecular flexibility index (Phi) is 2.78. The zero-order valence-corrected chi connectivity index (χ0v) is 7.43. The second-order valence-corrected chi connectivity index (χ2v) is 2.71. The van der Waals surface area contributed by atoms with Gasteiger partial charge in [-0.05, 0) is 17.7 Å². The average Bonchev–Trinajstić information content (AvgIpc) is 2.09. The molecule has 0 aliphatic rings. The maximum Gasteiger partial charge on any atom is 0.141 e. The van der Waals surface area contributed by atoms with E-state index in [1.165, 1.54) is 13.2 Å². The fraction of sp³-hybridized carbons (Fsp3) is 0.250. The number of methoxy groups -OCH3 is 1. The van der Waals surface area contributed by atoms with Crippen LogP contribution in [0.3, 0.4) is 0 Å². The molecular weight excluding hydrogens is 178 g/mol. The number of ether oxygens (including phenoxy) is 1. The second kappa shape index (κ2) is 3.65. The second-order valence-electron chi connectivity index (χ2n) is 2.34. The number of rotatable bonds is 2. The van der Waals surface area contributed by atoms with Crippen LogP contribution in [-0.2, 0) is 6.54 Å². The Bertz CT molecular complexity index is 289. The molecule has 0 bridgehead atoms. The van der Waals surface area contributed by atoms with Crippen LogP contribution >= 0.6 is 11.6 Å². The summed E-state index contributed by atoms with van der Waals surface area (Å²) in [5.74, 6) is 0.439. The van der Waals surface area contributed by atoms with E-state index in [0.717, 1.165) is 5.56 Å².